The molecule has 2 unspecified atom stereocenters. The van der Waals surface area contributed by atoms with Gasteiger partial charge >= 0.3 is 0 Å². The van der Waals surface area contributed by atoms with E-state index in [4.69, 9.17) is 11.5 Å². The molecule has 0 aliphatic carbocycles. The van der Waals surface area contributed by atoms with Crippen molar-refractivity contribution in [2.45, 2.75) is 25.7 Å². The highest BCUT2D eigenvalue weighted by molar-refractivity contribution is 9.10. The summed E-state index contributed by atoms with van der Waals surface area (Å²) < 4.78 is 3.39. The van der Waals surface area contributed by atoms with Gasteiger partial charge in [0.05, 0.1) is 32.6 Å². The molecule has 5 nitrogen and oxygen atoms in total. The van der Waals surface area contributed by atoms with Gasteiger partial charge < -0.3 is 11.5 Å². The van der Waals surface area contributed by atoms with Crippen LogP contribution in [0.1, 0.15) is 35.4 Å². The molecule has 0 bridgehead atoms. The number of halogens is 2. The quantitative estimate of drug-likeness (QED) is 0.307. The van der Waals surface area contributed by atoms with Crippen molar-refractivity contribution in [2.24, 2.45) is 0 Å². The minimum Gasteiger partial charge on any atom is -0.396 e. The van der Waals surface area contributed by atoms with E-state index >= 15 is 0 Å². The van der Waals surface area contributed by atoms with E-state index in [1.54, 1.807) is 0 Å². The Morgan fingerprint density at radius 1 is 0.857 bits per heavy atom. The highest BCUT2D eigenvalue weighted by Crippen LogP contribution is 2.43. The molecule has 0 aromatic carbocycles. The van der Waals surface area contributed by atoms with Crippen LogP contribution in [0.15, 0.2) is 33.5 Å². The molecule has 28 heavy (non-hydrogen) atoms. The average Bonchev–Trinajstić information content (AvgIpc) is 3.17. The van der Waals surface area contributed by atoms with E-state index in [-0.39, 0.29) is 17.6 Å². The van der Waals surface area contributed by atoms with Gasteiger partial charge in [-0.2, -0.15) is 0 Å². The van der Waals surface area contributed by atoms with E-state index < -0.39 is 0 Å². The van der Waals surface area contributed by atoms with Gasteiger partial charge in [0, 0.05) is 9.75 Å². The number of nitrogens with zero attached hydrogens (tertiary/aromatic N) is 2. The van der Waals surface area contributed by atoms with E-state index in [1.165, 1.54) is 22.7 Å². The molecule has 9 heteroatoms. The van der Waals surface area contributed by atoms with E-state index in [2.05, 4.69) is 41.8 Å². The van der Waals surface area contributed by atoms with Crippen LogP contribution in [0, 0.1) is 0 Å². The number of carbonyl (C=O) groups excluding carboxylic acids is 1. The molecule has 0 amide bonds. The first-order valence-electron chi connectivity index (χ1n) is 8.50. The van der Waals surface area contributed by atoms with E-state index in [1.807, 2.05) is 38.1 Å². The molecule has 0 aliphatic heterocycles. The lowest BCUT2D eigenvalue weighted by Gasteiger charge is -2.15. The van der Waals surface area contributed by atoms with Crippen molar-refractivity contribution in [3.05, 3.63) is 43.2 Å². The predicted octanol–water partition coefficient (Wildman–Crippen LogP) is 6.07. The first-order chi connectivity index (χ1) is 13.3. The summed E-state index contributed by atoms with van der Waals surface area (Å²) in [6.45, 7) is 3.79. The van der Waals surface area contributed by atoms with Crippen molar-refractivity contribution < 1.29 is 4.79 Å². The first kappa shape index (κ1) is 19.8. The smallest absolute Gasteiger partial charge is 0.149 e. The van der Waals surface area contributed by atoms with Gasteiger partial charge in [0.15, 0.2) is 0 Å². The van der Waals surface area contributed by atoms with Crippen molar-refractivity contribution in [3.63, 3.8) is 0 Å². The fraction of sp³-hybridized carbons (Fsp3) is 0.211. The van der Waals surface area contributed by atoms with Crippen LogP contribution in [0.25, 0.3) is 20.4 Å². The highest BCUT2D eigenvalue weighted by atomic mass is 79.9. The fourth-order valence-electron chi connectivity index (χ4n) is 3.25. The maximum absolute atomic E-state index is 13.3. The van der Waals surface area contributed by atoms with E-state index in [0.717, 1.165) is 39.4 Å². The first-order valence-corrected chi connectivity index (χ1v) is 11.7. The van der Waals surface area contributed by atoms with Crippen molar-refractivity contribution >= 4 is 92.1 Å². The number of carbonyl (C=O) groups is 1. The van der Waals surface area contributed by atoms with Crippen LogP contribution >= 0.6 is 54.5 Å². The van der Waals surface area contributed by atoms with Crippen LogP contribution in [0.4, 0.5) is 11.4 Å². The van der Waals surface area contributed by atoms with Gasteiger partial charge in [-0.15, -0.1) is 22.7 Å². The molecule has 144 valence electrons. The Morgan fingerprint density at radius 2 is 1.25 bits per heavy atom. The molecule has 0 saturated carbocycles. The second-order valence-corrected chi connectivity index (χ2v) is 10.4. The Bertz CT molecular complexity index is 1140. The number of anilines is 2. The van der Waals surface area contributed by atoms with Crippen molar-refractivity contribution in [2.75, 3.05) is 11.5 Å². The van der Waals surface area contributed by atoms with Crippen LogP contribution in [0.2, 0.25) is 0 Å². The predicted molar refractivity (Wildman–Crippen MR) is 125 cm³/mol. The van der Waals surface area contributed by atoms with Gasteiger partial charge in [-0.3, -0.25) is 4.79 Å². The highest BCUT2D eigenvalue weighted by Gasteiger charge is 2.29. The molecular weight excluding hydrogens is 524 g/mol. The number of nitrogens with two attached hydrogens (primary N) is 2. The zero-order valence-electron chi connectivity index (χ0n) is 15.0. The standard InChI is InChI=1S/C19H16Br2N4OS2/c1-7(18-13(22)15-9(27-18)3-5-11(20)24-15)17(26)8(2)19-14(23)16-10(28-19)4-6-12(21)25-16/h3-8H,22-23H2,1-2H3. The number of thiophene rings is 2. The van der Waals surface area contributed by atoms with Gasteiger partial charge in [0.2, 0.25) is 0 Å². The van der Waals surface area contributed by atoms with Crippen LogP contribution in [-0.2, 0) is 4.79 Å². The lowest BCUT2D eigenvalue weighted by atomic mass is 9.92. The number of fused-ring (bicyclic) bond motifs is 2. The van der Waals surface area contributed by atoms with Crippen LogP contribution < -0.4 is 11.5 Å². The number of hydrogen-bond donors (Lipinski definition) is 2. The van der Waals surface area contributed by atoms with Gasteiger partial charge in [0.1, 0.15) is 26.0 Å². The third-order valence-electron chi connectivity index (χ3n) is 4.77. The topological polar surface area (TPSA) is 94.9 Å². The average molecular weight is 540 g/mol. The molecular formula is C19H16Br2N4OS2. The van der Waals surface area contributed by atoms with E-state index in [9.17, 15) is 4.79 Å². The number of Topliss-reactive ketones (excluding diaryl/α,β-unsaturated/α-hetero) is 1. The number of rotatable bonds is 4. The Balaban J connectivity index is 1.71. The van der Waals surface area contributed by atoms with Crippen molar-refractivity contribution in [3.8, 4) is 0 Å². The van der Waals surface area contributed by atoms with Gasteiger partial charge in [0.25, 0.3) is 0 Å². The minimum atomic E-state index is -0.350. The Labute approximate surface area is 186 Å². The molecule has 2 atom stereocenters. The van der Waals surface area contributed by atoms with Gasteiger partial charge in [-0.05, 0) is 56.1 Å². The largest absolute Gasteiger partial charge is 0.396 e. The van der Waals surface area contributed by atoms with Crippen LogP contribution in [0.3, 0.4) is 0 Å². The van der Waals surface area contributed by atoms with Crippen LogP contribution in [0.5, 0.6) is 0 Å². The number of pyridine rings is 2. The monoisotopic (exact) mass is 538 g/mol. The molecule has 4 heterocycles. The summed E-state index contributed by atoms with van der Waals surface area (Å²) in [5, 5.41) is 0. The lowest BCUT2D eigenvalue weighted by Crippen LogP contribution is -2.16. The summed E-state index contributed by atoms with van der Waals surface area (Å²) in [5.74, 6) is -0.621. The fourth-order valence-corrected chi connectivity index (χ4v) is 6.12. The summed E-state index contributed by atoms with van der Waals surface area (Å²) in [5.41, 5.74) is 15.3. The van der Waals surface area contributed by atoms with E-state index in [0.29, 0.717) is 11.4 Å². The Morgan fingerprint density at radius 3 is 1.64 bits per heavy atom. The summed E-state index contributed by atoms with van der Waals surface area (Å²) in [4.78, 5) is 23.9. The third kappa shape index (κ3) is 3.24. The Kier molecular flexibility index (Phi) is 5.20. The normalized spacial score (nSPS) is 13.9. The molecule has 4 aromatic heterocycles. The zero-order chi connectivity index (χ0) is 20.2. The summed E-state index contributed by atoms with van der Waals surface area (Å²) in [6, 6.07) is 7.68. The molecule has 0 radical (unpaired) electrons. The molecule has 4 N–H and O–H groups in total. The zero-order valence-corrected chi connectivity index (χ0v) is 19.8. The maximum Gasteiger partial charge on any atom is 0.149 e. The molecule has 4 rings (SSSR count). The Hall–Kier alpha value is -1.55. The summed E-state index contributed by atoms with van der Waals surface area (Å²) in [6.07, 6.45) is 0. The number of hydrogen-bond acceptors (Lipinski definition) is 7. The van der Waals surface area contributed by atoms with Gasteiger partial charge in [-0.1, -0.05) is 13.8 Å². The van der Waals surface area contributed by atoms with Crippen LogP contribution in [-0.4, -0.2) is 15.8 Å². The minimum absolute atomic E-state index is 0.0784. The summed E-state index contributed by atoms with van der Waals surface area (Å²) in [7, 11) is 0. The van der Waals surface area contributed by atoms with Crippen molar-refractivity contribution in [1.82, 2.24) is 9.97 Å². The number of aromatic nitrogens is 2. The molecule has 0 saturated heterocycles. The molecule has 0 aliphatic rings. The SMILES string of the molecule is CC(C(=O)C(C)c1sc2ccc(Br)nc2c1N)c1sc2ccc(Br)nc2c1N. The van der Waals surface area contributed by atoms with Gasteiger partial charge in [-0.25, -0.2) is 9.97 Å². The second kappa shape index (κ2) is 7.37. The lowest BCUT2D eigenvalue weighted by molar-refractivity contribution is -0.121. The van der Waals surface area contributed by atoms with Crippen molar-refractivity contribution in [1.29, 1.82) is 0 Å². The molecule has 0 spiro atoms. The summed E-state index contributed by atoms with van der Waals surface area (Å²) >= 11 is 9.78. The number of ketones is 1. The number of nitrogen functional groups attached to an aromatic ring is 2. The second-order valence-electron chi connectivity index (χ2n) is 6.57. The third-order valence-corrected chi connectivity index (χ3v) is 8.34. The molecule has 4 aromatic rings. The maximum atomic E-state index is 13.3. The molecule has 0 fully saturated rings.